The average molecular weight is 195 g/mol. The van der Waals surface area contributed by atoms with Gasteiger partial charge in [0.15, 0.2) is 0 Å². The van der Waals surface area contributed by atoms with E-state index in [1.807, 2.05) is 13.8 Å². The molecule has 1 fully saturated rings. The van der Waals surface area contributed by atoms with Crippen LogP contribution in [-0.4, -0.2) is 35.1 Å². The fourth-order valence-corrected chi connectivity index (χ4v) is 1.83. The molecule has 1 aliphatic heterocycles. The molecule has 3 heteroatoms. The number of amides is 1. The quantitative estimate of drug-likeness (QED) is 0.666. The molecule has 1 unspecified atom stereocenters. The van der Waals surface area contributed by atoms with Crippen LogP contribution in [0.4, 0.5) is 0 Å². The summed E-state index contributed by atoms with van der Waals surface area (Å²) >= 11 is 0. The van der Waals surface area contributed by atoms with Crippen molar-refractivity contribution in [3.63, 3.8) is 0 Å². The summed E-state index contributed by atoms with van der Waals surface area (Å²) in [7, 11) is 0. The van der Waals surface area contributed by atoms with Crippen LogP contribution < -0.4 is 0 Å². The first kappa shape index (κ1) is 11.1. The first-order chi connectivity index (χ1) is 6.60. The SMILES string of the molecule is C#CC1CC(=O)N([C@H](CO)C(C)C)C1. The van der Waals surface area contributed by atoms with Crippen molar-refractivity contribution in [3.8, 4) is 12.3 Å². The summed E-state index contributed by atoms with van der Waals surface area (Å²) in [4.78, 5) is 13.3. The molecule has 0 aromatic rings. The first-order valence-electron chi connectivity index (χ1n) is 4.96. The molecule has 1 aliphatic rings. The van der Waals surface area contributed by atoms with Crippen LogP contribution in [0.3, 0.4) is 0 Å². The molecular weight excluding hydrogens is 178 g/mol. The largest absolute Gasteiger partial charge is 0.394 e. The lowest BCUT2D eigenvalue weighted by molar-refractivity contribution is -0.131. The number of aliphatic hydroxyl groups excluding tert-OH is 1. The van der Waals surface area contributed by atoms with Crippen LogP contribution in [0.15, 0.2) is 0 Å². The topological polar surface area (TPSA) is 40.5 Å². The van der Waals surface area contributed by atoms with Crippen LogP contribution in [0.5, 0.6) is 0 Å². The standard InChI is InChI=1S/C11H17NO2/c1-4-9-5-11(14)12(6-9)10(7-13)8(2)3/h1,8-10,13H,5-7H2,2-3H3/t9?,10-/m1/s1. The molecule has 3 nitrogen and oxygen atoms in total. The van der Waals surface area contributed by atoms with Crippen LogP contribution in [0.1, 0.15) is 20.3 Å². The maximum absolute atomic E-state index is 11.6. The number of hydrogen-bond acceptors (Lipinski definition) is 2. The molecule has 14 heavy (non-hydrogen) atoms. The summed E-state index contributed by atoms with van der Waals surface area (Å²) in [6, 6.07) is -0.0825. The Morgan fingerprint density at radius 3 is 2.71 bits per heavy atom. The van der Waals surface area contributed by atoms with E-state index in [9.17, 15) is 9.90 Å². The lowest BCUT2D eigenvalue weighted by Gasteiger charge is -2.29. The van der Waals surface area contributed by atoms with E-state index < -0.39 is 0 Å². The molecule has 1 saturated heterocycles. The van der Waals surface area contributed by atoms with E-state index >= 15 is 0 Å². The maximum atomic E-state index is 11.6. The van der Waals surface area contributed by atoms with E-state index in [1.165, 1.54) is 0 Å². The summed E-state index contributed by atoms with van der Waals surface area (Å²) in [5.41, 5.74) is 0. The van der Waals surface area contributed by atoms with Crippen LogP contribution in [0.2, 0.25) is 0 Å². The van der Waals surface area contributed by atoms with Gasteiger partial charge in [0.05, 0.1) is 12.6 Å². The molecule has 1 heterocycles. The van der Waals surface area contributed by atoms with Crippen molar-refractivity contribution in [2.45, 2.75) is 26.3 Å². The minimum Gasteiger partial charge on any atom is -0.394 e. The third kappa shape index (κ3) is 2.08. The zero-order chi connectivity index (χ0) is 10.7. The first-order valence-corrected chi connectivity index (χ1v) is 4.96. The van der Waals surface area contributed by atoms with E-state index in [0.29, 0.717) is 13.0 Å². The second kappa shape index (κ2) is 4.47. The number of likely N-dealkylation sites (tertiary alicyclic amines) is 1. The van der Waals surface area contributed by atoms with Gasteiger partial charge in [0.1, 0.15) is 0 Å². The van der Waals surface area contributed by atoms with E-state index in [0.717, 1.165) is 0 Å². The minimum absolute atomic E-state index is 0.0146. The third-order valence-electron chi connectivity index (χ3n) is 2.75. The number of nitrogens with zero attached hydrogens (tertiary/aromatic N) is 1. The van der Waals surface area contributed by atoms with Gasteiger partial charge in [-0.3, -0.25) is 4.79 Å². The molecule has 1 amide bonds. The van der Waals surface area contributed by atoms with Gasteiger partial charge in [-0.25, -0.2) is 0 Å². The minimum atomic E-state index is -0.0825. The molecule has 1 N–H and O–H groups in total. The van der Waals surface area contributed by atoms with Crippen molar-refractivity contribution >= 4 is 5.91 Å². The maximum Gasteiger partial charge on any atom is 0.224 e. The van der Waals surface area contributed by atoms with Gasteiger partial charge in [-0.05, 0) is 5.92 Å². The van der Waals surface area contributed by atoms with Gasteiger partial charge in [-0.1, -0.05) is 13.8 Å². The summed E-state index contributed by atoms with van der Waals surface area (Å²) in [5, 5.41) is 9.19. The fourth-order valence-electron chi connectivity index (χ4n) is 1.83. The number of aliphatic hydroxyl groups is 1. The van der Waals surface area contributed by atoms with Crippen molar-refractivity contribution in [2.75, 3.05) is 13.2 Å². The number of rotatable bonds is 3. The lowest BCUT2D eigenvalue weighted by atomic mass is 10.0. The predicted octanol–water partition coefficient (Wildman–Crippen LogP) is 0.485. The van der Waals surface area contributed by atoms with Gasteiger partial charge in [0.2, 0.25) is 5.91 Å². The molecule has 0 aromatic heterocycles. The van der Waals surface area contributed by atoms with Gasteiger partial charge < -0.3 is 10.0 Å². The number of carbonyl (C=O) groups excluding carboxylic acids is 1. The Bertz CT molecular complexity index is 255. The Morgan fingerprint density at radius 1 is 1.71 bits per heavy atom. The van der Waals surface area contributed by atoms with Crippen LogP contribution in [0.25, 0.3) is 0 Å². The second-order valence-electron chi connectivity index (χ2n) is 4.11. The molecule has 0 radical (unpaired) electrons. The molecule has 0 aromatic carbocycles. The summed E-state index contributed by atoms with van der Waals surface area (Å²) in [5.74, 6) is 2.96. The highest BCUT2D eigenvalue weighted by Crippen LogP contribution is 2.22. The second-order valence-corrected chi connectivity index (χ2v) is 4.11. The Morgan fingerprint density at radius 2 is 2.36 bits per heavy atom. The van der Waals surface area contributed by atoms with E-state index in [2.05, 4.69) is 5.92 Å². The summed E-state index contributed by atoms with van der Waals surface area (Å²) in [6.07, 6.45) is 5.71. The number of carbonyl (C=O) groups is 1. The van der Waals surface area contributed by atoms with E-state index in [1.54, 1.807) is 4.90 Å². The van der Waals surface area contributed by atoms with Crippen molar-refractivity contribution in [1.29, 1.82) is 0 Å². The van der Waals surface area contributed by atoms with Crippen molar-refractivity contribution in [2.24, 2.45) is 11.8 Å². The molecule has 2 atom stereocenters. The third-order valence-corrected chi connectivity index (χ3v) is 2.75. The van der Waals surface area contributed by atoms with Gasteiger partial charge in [0, 0.05) is 18.9 Å². The average Bonchev–Trinajstić information content (AvgIpc) is 2.48. The van der Waals surface area contributed by atoms with Crippen LogP contribution in [-0.2, 0) is 4.79 Å². The highest BCUT2D eigenvalue weighted by molar-refractivity contribution is 5.79. The van der Waals surface area contributed by atoms with Crippen LogP contribution in [0, 0.1) is 24.2 Å². The van der Waals surface area contributed by atoms with Gasteiger partial charge in [-0.15, -0.1) is 12.3 Å². The number of hydrogen-bond donors (Lipinski definition) is 1. The molecule has 0 bridgehead atoms. The molecule has 0 spiro atoms. The predicted molar refractivity (Wildman–Crippen MR) is 54.4 cm³/mol. The van der Waals surface area contributed by atoms with Crippen molar-refractivity contribution in [1.82, 2.24) is 4.90 Å². The molecule has 1 rings (SSSR count). The van der Waals surface area contributed by atoms with Crippen LogP contribution >= 0.6 is 0 Å². The lowest BCUT2D eigenvalue weighted by Crippen LogP contribution is -2.42. The van der Waals surface area contributed by atoms with E-state index in [-0.39, 0.29) is 30.4 Å². The molecule has 0 aliphatic carbocycles. The normalized spacial score (nSPS) is 24.1. The highest BCUT2D eigenvalue weighted by atomic mass is 16.3. The number of terminal acetylenes is 1. The fraction of sp³-hybridized carbons (Fsp3) is 0.727. The van der Waals surface area contributed by atoms with Gasteiger partial charge in [-0.2, -0.15) is 0 Å². The Kier molecular flexibility index (Phi) is 3.54. The van der Waals surface area contributed by atoms with Crippen molar-refractivity contribution < 1.29 is 9.90 Å². The zero-order valence-electron chi connectivity index (χ0n) is 8.73. The van der Waals surface area contributed by atoms with E-state index in [4.69, 9.17) is 6.42 Å². The molecule has 0 saturated carbocycles. The summed E-state index contributed by atoms with van der Waals surface area (Å²) < 4.78 is 0. The Balaban J connectivity index is 2.69. The molecule has 78 valence electrons. The monoisotopic (exact) mass is 195 g/mol. The van der Waals surface area contributed by atoms with Gasteiger partial charge in [0.25, 0.3) is 0 Å². The Hall–Kier alpha value is -1.01. The van der Waals surface area contributed by atoms with Crippen molar-refractivity contribution in [3.05, 3.63) is 0 Å². The zero-order valence-corrected chi connectivity index (χ0v) is 8.73. The molecular formula is C11H17NO2. The highest BCUT2D eigenvalue weighted by Gasteiger charge is 2.34. The summed E-state index contributed by atoms with van der Waals surface area (Å²) in [6.45, 7) is 4.61. The Labute approximate surface area is 85.1 Å². The van der Waals surface area contributed by atoms with Gasteiger partial charge >= 0.3 is 0 Å². The smallest absolute Gasteiger partial charge is 0.224 e.